The van der Waals surface area contributed by atoms with Crippen molar-refractivity contribution >= 4 is 28.3 Å². The van der Waals surface area contributed by atoms with Crippen LogP contribution in [0.15, 0.2) is 0 Å². The molecule has 0 N–H and O–H groups in total. The number of thioether (sulfide) groups is 1. The van der Waals surface area contributed by atoms with Crippen LogP contribution in [-0.4, -0.2) is 28.1 Å². The molecule has 0 aromatic carbocycles. The maximum atomic E-state index is 5.64. The smallest absolute Gasteiger partial charge is 0.136 e. The van der Waals surface area contributed by atoms with Gasteiger partial charge in [-0.05, 0) is 19.3 Å². The maximum absolute atomic E-state index is 5.64. The molecule has 0 aromatic heterocycles. The first-order valence-corrected chi connectivity index (χ1v) is 11.1. The SMILES string of the molecule is CCCCCCCCCCSC(=S)N(CCCC)CCCC. The van der Waals surface area contributed by atoms with Crippen molar-refractivity contribution in [1.29, 1.82) is 0 Å². The quantitative estimate of drug-likeness (QED) is 0.231. The van der Waals surface area contributed by atoms with Crippen molar-refractivity contribution in [3.05, 3.63) is 0 Å². The molecule has 0 saturated heterocycles. The highest BCUT2D eigenvalue weighted by molar-refractivity contribution is 8.22. The minimum absolute atomic E-state index is 1.14. The lowest BCUT2D eigenvalue weighted by Gasteiger charge is -2.24. The molecule has 0 bridgehead atoms. The van der Waals surface area contributed by atoms with Crippen LogP contribution in [0, 0.1) is 0 Å². The van der Waals surface area contributed by atoms with Crippen molar-refractivity contribution in [3.63, 3.8) is 0 Å². The van der Waals surface area contributed by atoms with Crippen molar-refractivity contribution < 1.29 is 0 Å². The van der Waals surface area contributed by atoms with E-state index in [0.29, 0.717) is 0 Å². The summed E-state index contributed by atoms with van der Waals surface area (Å²) >= 11 is 7.55. The first-order chi connectivity index (χ1) is 10.8. The number of hydrogen-bond donors (Lipinski definition) is 0. The van der Waals surface area contributed by atoms with E-state index in [1.165, 1.54) is 82.8 Å². The lowest BCUT2D eigenvalue weighted by molar-refractivity contribution is 0.410. The van der Waals surface area contributed by atoms with E-state index in [2.05, 4.69) is 25.7 Å². The minimum Gasteiger partial charge on any atom is -0.358 e. The van der Waals surface area contributed by atoms with Gasteiger partial charge in [0.15, 0.2) is 0 Å². The summed E-state index contributed by atoms with van der Waals surface area (Å²) in [5, 5.41) is 0. The average Bonchev–Trinajstić information content (AvgIpc) is 2.53. The summed E-state index contributed by atoms with van der Waals surface area (Å²) < 4.78 is 1.14. The fraction of sp³-hybridized carbons (Fsp3) is 0.947. The Kier molecular flexibility index (Phi) is 17.8. The maximum Gasteiger partial charge on any atom is 0.136 e. The van der Waals surface area contributed by atoms with Crippen LogP contribution in [0.4, 0.5) is 0 Å². The van der Waals surface area contributed by atoms with Crippen LogP contribution in [0.2, 0.25) is 0 Å². The molecule has 0 radical (unpaired) electrons. The highest BCUT2D eigenvalue weighted by atomic mass is 32.2. The van der Waals surface area contributed by atoms with E-state index in [4.69, 9.17) is 12.2 Å². The molecule has 22 heavy (non-hydrogen) atoms. The first kappa shape index (κ1) is 22.2. The van der Waals surface area contributed by atoms with Gasteiger partial charge in [-0.3, -0.25) is 0 Å². The van der Waals surface area contributed by atoms with Gasteiger partial charge >= 0.3 is 0 Å². The summed E-state index contributed by atoms with van der Waals surface area (Å²) in [4.78, 5) is 2.44. The van der Waals surface area contributed by atoms with Crippen LogP contribution in [0.5, 0.6) is 0 Å². The molecule has 0 aromatic rings. The van der Waals surface area contributed by atoms with Gasteiger partial charge in [-0.2, -0.15) is 0 Å². The second-order valence-corrected chi connectivity index (χ2v) is 8.01. The Bertz CT molecular complexity index is 236. The van der Waals surface area contributed by atoms with Gasteiger partial charge < -0.3 is 4.90 Å². The van der Waals surface area contributed by atoms with Gasteiger partial charge in [0.1, 0.15) is 4.32 Å². The van der Waals surface area contributed by atoms with Crippen LogP contribution in [-0.2, 0) is 0 Å². The van der Waals surface area contributed by atoms with E-state index in [9.17, 15) is 0 Å². The molecule has 0 atom stereocenters. The zero-order valence-electron chi connectivity index (χ0n) is 15.4. The Morgan fingerprint density at radius 1 is 0.682 bits per heavy atom. The Hall–Kier alpha value is 0.240. The molecule has 0 aliphatic rings. The highest BCUT2D eigenvalue weighted by Gasteiger charge is 2.08. The summed E-state index contributed by atoms with van der Waals surface area (Å²) in [6, 6.07) is 0. The van der Waals surface area contributed by atoms with Gasteiger partial charge in [-0.1, -0.05) is 103 Å². The lowest BCUT2D eigenvalue weighted by Crippen LogP contribution is -2.29. The summed E-state index contributed by atoms with van der Waals surface area (Å²) in [5.41, 5.74) is 0. The average molecular weight is 346 g/mol. The molecule has 0 aliphatic heterocycles. The van der Waals surface area contributed by atoms with E-state index in [0.717, 1.165) is 17.4 Å². The normalized spacial score (nSPS) is 10.9. The van der Waals surface area contributed by atoms with Crippen LogP contribution in [0.25, 0.3) is 0 Å². The van der Waals surface area contributed by atoms with Crippen molar-refractivity contribution in [2.75, 3.05) is 18.8 Å². The number of hydrogen-bond acceptors (Lipinski definition) is 2. The molecule has 0 rings (SSSR count). The van der Waals surface area contributed by atoms with Gasteiger partial charge in [0.25, 0.3) is 0 Å². The first-order valence-electron chi connectivity index (χ1n) is 9.67. The Morgan fingerprint density at radius 2 is 1.14 bits per heavy atom. The molecule has 0 amide bonds. The van der Waals surface area contributed by atoms with Gasteiger partial charge in [0.05, 0.1) is 0 Å². The zero-order valence-corrected chi connectivity index (χ0v) is 17.0. The molecule has 0 unspecified atom stereocenters. The van der Waals surface area contributed by atoms with Crippen LogP contribution in [0.3, 0.4) is 0 Å². The molecule has 0 heterocycles. The van der Waals surface area contributed by atoms with Crippen LogP contribution in [0.1, 0.15) is 97.8 Å². The predicted molar refractivity (Wildman–Crippen MR) is 109 cm³/mol. The number of unbranched alkanes of at least 4 members (excludes halogenated alkanes) is 9. The molecular weight excluding hydrogens is 306 g/mol. The van der Waals surface area contributed by atoms with Crippen molar-refractivity contribution in [2.24, 2.45) is 0 Å². The second kappa shape index (κ2) is 17.6. The molecular formula is C19H39NS2. The summed E-state index contributed by atoms with van der Waals surface area (Å²) in [5.74, 6) is 1.21. The third kappa shape index (κ3) is 13.9. The van der Waals surface area contributed by atoms with Crippen molar-refractivity contribution in [1.82, 2.24) is 4.90 Å². The van der Waals surface area contributed by atoms with Crippen LogP contribution < -0.4 is 0 Å². The molecule has 0 spiro atoms. The number of nitrogens with zero attached hydrogens (tertiary/aromatic N) is 1. The summed E-state index contributed by atoms with van der Waals surface area (Å²) in [6.45, 7) is 9.10. The predicted octanol–water partition coefficient (Wildman–Crippen LogP) is 7.05. The van der Waals surface area contributed by atoms with Gasteiger partial charge in [-0.15, -0.1) is 0 Å². The molecule has 3 heteroatoms. The minimum atomic E-state index is 1.14. The van der Waals surface area contributed by atoms with E-state index >= 15 is 0 Å². The third-order valence-electron chi connectivity index (χ3n) is 4.04. The lowest BCUT2D eigenvalue weighted by atomic mass is 10.1. The van der Waals surface area contributed by atoms with Gasteiger partial charge in [0.2, 0.25) is 0 Å². The zero-order chi connectivity index (χ0) is 16.5. The Labute approximate surface area is 150 Å². The second-order valence-electron chi connectivity index (χ2n) is 6.28. The van der Waals surface area contributed by atoms with Crippen molar-refractivity contribution in [3.8, 4) is 0 Å². The number of rotatable bonds is 15. The number of thiocarbonyl (C=S) groups is 1. The van der Waals surface area contributed by atoms with E-state index in [1.807, 2.05) is 11.8 Å². The highest BCUT2D eigenvalue weighted by Crippen LogP contribution is 2.15. The summed E-state index contributed by atoms with van der Waals surface area (Å²) in [7, 11) is 0. The summed E-state index contributed by atoms with van der Waals surface area (Å²) in [6.07, 6.45) is 16.2. The molecule has 0 saturated carbocycles. The molecule has 1 nitrogen and oxygen atoms in total. The Balaban J connectivity index is 3.61. The topological polar surface area (TPSA) is 3.24 Å². The fourth-order valence-electron chi connectivity index (χ4n) is 2.48. The van der Waals surface area contributed by atoms with Crippen molar-refractivity contribution in [2.45, 2.75) is 97.8 Å². The van der Waals surface area contributed by atoms with Gasteiger partial charge in [-0.25, -0.2) is 0 Å². The van der Waals surface area contributed by atoms with E-state index in [-0.39, 0.29) is 0 Å². The molecule has 132 valence electrons. The standard InChI is InChI=1S/C19H39NS2/c1-4-7-10-11-12-13-14-15-18-22-19(21)20(16-8-5-2)17-9-6-3/h4-18H2,1-3H3. The fourth-order valence-corrected chi connectivity index (χ4v) is 3.80. The van der Waals surface area contributed by atoms with Crippen LogP contribution >= 0.6 is 24.0 Å². The molecule has 0 aliphatic carbocycles. The van der Waals surface area contributed by atoms with Gasteiger partial charge in [0, 0.05) is 18.8 Å². The Morgan fingerprint density at radius 3 is 1.64 bits per heavy atom. The monoisotopic (exact) mass is 345 g/mol. The molecule has 0 fully saturated rings. The van der Waals surface area contributed by atoms with E-state index < -0.39 is 0 Å². The van der Waals surface area contributed by atoms with E-state index in [1.54, 1.807) is 0 Å². The third-order valence-corrected chi connectivity index (χ3v) is 5.65. The largest absolute Gasteiger partial charge is 0.358 e.